The Morgan fingerprint density at radius 3 is 2.33 bits per heavy atom. The minimum atomic E-state index is -3.91. The number of carbonyl (C=O) groups excluding carboxylic acids is 1. The van der Waals surface area contributed by atoms with E-state index >= 15 is 0 Å². The van der Waals surface area contributed by atoms with Gasteiger partial charge in [-0.05, 0) is 6.92 Å². The predicted molar refractivity (Wildman–Crippen MR) is 70.7 cm³/mol. The Hall–Kier alpha value is -0.920. The molecule has 106 valence electrons. The summed E-state index contributed by atoms with van der Waals surface area (Å²) < 4.78 is 30.5. The Kier molecular flexibility index (Phi) is 6.51. The maximum absolute atomic E-state index is 11.2. The molecule has 6 nitrogen and oxygen atoms in total. The quantitative estimate of drug-likeness (QED) is 0.284. The highest BCUT2D eigenvalue weighted by molar-refractivity contribution is 7.85. The summed E-state index contributed by atoms with van der Waals surface area (Å²) in [6.07, 6.45) is 0.734. The fraction of sp³-hybridized carbons (Fsp3) is 0.727. The van der Waals surface area contributed by atoms with Gasteiger partial charge in [-0.1, -0.05) is 6.58 Å². The number of nitrogens with one attached hydrogen (secondary N) is 1. The van der Waals surface area contributed by atoms with Crippen LogP contribution in [-0.2, 0) is 14.9 Å². The van der Waals surface area contributed by atoms with E-state index in [-0.39, 0.29) is 11.7 Å². The topological polar surface area (TPSA) is 83.5 Å². The van der Waals surface area contributed by atoms with Gasteiger partial charge in [-0.25, -0.2) is 0 Å². The van der Waals surface area contributed by atoms with Crippen molar-refractivity contribution < 1.29 is 22.2 Å². The van der Waals surface area contributed by atoms with Gasteiger partial charge in [0.05, 0.1) is 27.2 Å². The summed E-state index contributed by atoms with van der Waals surface area (Å²) in [7, 11) is -0.148. The van der Waals surface area contributed by atoms with Crippen LogP contribution in [-0.4, -0.2) is 62.8 Å². The van der Waals surface area contributed by atoms with Crippen LogP contribution in [0.5, 0.6) is 0 Å². The molecular formula is C11H23N2O4S+. The van der Waals surface area contributed by atoms with Crippen LogP contribution in [0.4, 0.5) is 0 Å². The lowest BCUT2D eigenvalue weighted by molar-refractivity contribution is -0.888. The first-order chi connectivity index (χ1) is 8.03. The van der Waals surface area contributed by atoms with Crippen molar-refractivity contribution >= 4 is 16.0 Å². The zero-order chi connectivity index (χ0) is 14.4. The van der Waals surface area contributed by atoms with Gasteiger partial charge in [-0.3, -0.25) is 9.35 Å². The second kappa shape index (κ2) is 6.86. The normalized spacial score (nSPS) is 12.2. The fourth-order valence-electron chi connectivity index (χ4n) is 1.33. The standard InChI is InChI=1S/C11H22N2O4S/c1-10(2)11(14)12-6-5-7-13(3,4)8-9-18(15,16)17/h1,5-9H2,2-4H3,(H-,12,14,15,16,17)/p+1. The second-order valence-corrected chi connectivity index (χ2v) is 6.63. The molecule has 0 aliphatic carbocycles. The third kappa shape index (κ3) is 9.15. The highest BCUT2D eigenvalue weighted by Crippen LogP contribution is 2.00. The SMILES string of the molecule is C=C(C)C(=O)NCCC[N+](C)(C)CCS(=O)(=O)O. The van der Waals surface area contributed by atoms with Gasteiger partial charge in [0.25, 0.3) is 10.1 Å². The van der Waals surface area contributed by atoms with Gasteiger partial charge in [0.2, 0.25) is 5.91 Å². The maximum Gasteiger partial charge on any atom is 0.270 e. The van der Waals surface area contributed by atoms with E-state index in [1.54, 1.807) is 6.92 Å². The van der Waals surface area contributed by atoms with E-state index in [4.69, 9.17) is 4.55 Å². The van der Waals surface area contributed by atoms with Crippen LogP contribution < -0.4 is 5.32 Å². The van der Waals surface area contributed by atoms with Crippen molar-refractivity contribution in [1.29, 1.82) is 0 Å². The van der Waals surface area contributed by atoms with Crippen LogP contribution in [0.2, 0.25) is 0 Å². The Morgan fingerprint density at radius 1 is 1.33 bits per heavy atom. The summed E-state index contributed by atoms with van der Waals surface area (Å²) in [6.45, 7) is 6.75. The molecule has 0 aliphatic heterocycles. The first kappa shape index (κ1) is 17.1. The van der Waals surface area contributed by atoms with Crippen molar-refractivity contribution in [3.8, 4) is 0 Å². The molecule has 18 heavy (non-hydrogen) atoms. The van der Waals surface area contributed by atoms with E-state index in [2.05, 4.69) is 11.9 Å². The molecule has 0 fully saturated rings. The van der Waals surface area contributed by atoms with Crippen molar-refractivity contribution in [1.82, 2.24) is 5.32 Å². The van der Waals surface area contributed by atoms with Crippen molar-refractivity contribution in [2.45, 2.75) is 13.3 Å². The fourth-order valence-corrected chi connectivity index (χ4v) is 2.06. The molecule has 7 heteroatoms. The Morgan fingerprint density at radius 2 is 1.89 bits per heavy atom. The molecule has 0 aromatic heterocycles. The Labute approximate surface area is 109 Å². The summed E-state index contributed by atoms with van der Waals surface area (Å²) in [4.78, 5) is 11.2. The molecule has 0 saturated heterocycles. The van der Waals surface area contributed by atoms with Crippen LogP contribution in [0.1, 0.15) is 13.3 Å². The summed E-state index contributed by atoms with van der Waals surface area (Å²) in [6, 6.07) is 0. The molecule has 0 aromatic carbocycles. The smallest absolute Gasteiger partial charge is 0.270 e. The monoisotopic (exact) mass is 279 g/mol. The number of rotatable bonds is 8. The van der Waals surface area contributed by atoms with Crippen LogP contribution in [0.25, 0.3) is 0 Å². The van der Waals surface area contributed by atoms with Gasteiger partial charge in [-0.15, -0.1) is 0 Å². The third-order valence-corrected chi connectivity index (χ3v) is 3.27. The highest BCUT2D eigenvalue weighted by atomic mass is 32.2. The number of carbonyl (C=O) groups is 1. The van der Waals surface area contributed by atoms with Crippen molar-refractivity contribution in [3.05, 3.63) is 12.2 Å². The van der Waals surface area contributed by atoms with Crippen LogP contribution in [0.15, 0.2) is 12.2 Å². The molecule has 0 rings (SSSR count). The lowest BCUT2D eigenvalue weighted by atomic mass is 10.3. The third-order valence-electron chi connectivity index (χ3n) is 2.57. The van der Waals surface area contributed by atoms with E-state index in [1.165, 1.54) is 0 Å². The number of nitrogens with zero attached hydrogens (tertiary/aromatic N) is 1. The van der Waals surface area contributed by atoms with E-state index in [0.29, 0.717) is 29.7 Å². The molecule has 2 N–H and O–H groups in total. The minimum Gasteiger partial charge on any atom is -0.352 e. The Bertz CT molecular complexity index is 401. The van der Waals surface area contributed by atoms with Crippen LogP contribution >= 0.6 is 0 Å². The molecule has 0 atom stereocenters. The van der Waals surface area contributed by atoms with Crippen LogP contribution in [0.3, 0.4) is 0 Å². The van der Waals surface area contributed by atoms with E-state index < -0.39 is 10.1 Å². The molecule has 0 spiro atoms. The average molecular weight is 279 g/mol. The van der Waals surface area contributed by atoms with E-state index in [0.717, 1.165) is 6.42 Å². The van der Waals surface area contributed by atoms with Gasteiger partial charge < -0.3 is 9.80 Å². The van der Waals surface area contributed by atoms with Crippen molar-refractivity contribution in [2.24, 2.45) is 0 Å². The molecule has 0 heterocycles. The lowest BCUT2D eigenvalue weighted by Gasteiger charge is -2.29. The molecule has 0 bridgehead atoms. The number of amides is 1. The summed E-state index contributed by atoms with van der Waals surface area (Å²) >= 11 is 0. The molecule has 1 amide bonds. The largest absolute Gasteiger partial charge is 0.352 e. The van der Waals surface area contributed by atoms with E-state index in [1.807, 2.05) is 14.1 Å². The first-order valence-corrected chi connectivity index (χ1v) is 7.35. The highest BCUT2D eigenvalue weighted by Gasteiger charge is 2.18. The maximum atomic E-state index is 11.2. The molecular weight excluding hydrogens is 256 g/mol. The minimum absolute atomic E-state index is 0.168. The first-order valence-electron chi connectivity index (χ1n) is 5.74. The van der Waals surface area contributed by atoms with Crippen molar-refractivity contribution in [2.75, 3.05) is 39.5 Å². The van der Waals surface area contributed by atoms with E-state index in [9.17, 15) is 13.2 Å². The average Bonchev–Trinajstić information content (AvgIpc) is 2.20. The van der Waals surface area contributed by atoms with Gasteiger partial charge >= 0.3 is 0 Å². The summed E-state index contributed by atoms with van der Waals surface area (Å²) in [5, 5.41) is 2.71. The Balaban J connectivity index is 3.91. The number of hydrogen-bond donors (Lipinski definition) is 2. The zero-order valence-electron chi connectivity index (χ0n) is 11.3. The molecule has 0 aromatic rings. The molecule has 0 unspecified atom stereocenters. The summed E-state index contributed by atoms with van der Waals surface area (Å²) in [5.74, 6) is -0.420. The van der Waals surface area contributed by atoms with Crippen LogP contribution in [0, 0.1) is 0 Å². The van der Waals surface area contributed by atoms with Crippen molar-refractivity contribution in [3.63, 3.8) is 0 Å². The molecule has 0 radical (unpaired) electrons. The predicted octanol–water partition coefficient (Wildman–Crippen LogP) is 0.0330. The lowest BCUT2D eigenvalue weighted by Crippen LogP contribution is -2.44. The van der Waals surface area contributed by atoms with Gasteiger partial charge in [0, 0.05) is 18.5 Å². The van der Waals surface area contributed by atoms with Gasteiger partial charge in [-0.2, -0.15) is 8.42 Å². The molecule has 0 aliphatic rings. The van der Waals surface area contributed by atoms with Gasteiger partial charge in [0.15, 0.2) is 0 Å². The summed E-state index contributed by atoms with van der Waals surface area (Å²) in [5.41, 5.74) is 0.468. The zero-order valence-corrected chi connectivity index (χ0v) is 12.1. The van der Waals surface area contributed by atoms with Gasteiger partial charge in [0.1, 0.15) is 5.75 Å². The molecule has 0 saturated carbocycles. The number of hydrogen-bond acceptors (Lipinski definition) is 3. The second-order valence-electron chi connectivity index (χ2n) is 5.06. The number of quaternary nitrogens is 1.